The summed E-state index contributed by atoms with van der Waals surface area (Å²) in [5.74, 6) is -1.44. The van der Waals surface area contributed by atoms with Crippen molar-refractivity contribution in [1.82, 2.24) is 15.6 Å². The fourth-order valence-electron chi connectivity index (χ4n) is 1.68. The normalized spacial score (nSPS) is 10.0. The zero-order chi connectivity index (χ0) is 18.2. The molecule has 130 valence electrons. The van der Waals surface area contributed by atoms with Gasteiger partial charge in [0.1, 0.15) is 5.03 Å². The molecule has 2 rings (SSSR count). The number of urea groups is 1. The zero-order valence-corrected chi connectivity index (χ0v) is 14.7. The Morgan fingerprint density at radius 3 is 2.60 bits per heavy atom. The van der Waals surface area contributed by atoms with E-state index in [0.717, 1.165) is 4.90 Å². The number of esters is 1. The minimum atomic E-state index is -0.733. The molecule has 0 aliphatic heterocycles. The largest absolute Gasteiger partial charge is 0.452 e. The quantitative estimate of drug-likeness (QED) is 0.774. The molecule has 1 aromatic heterocycles. The molecule has 3 amide bonds. The summed E-state index contributed by atoms with van der Waals surface area (Å²) in [6, 6.07) is 9.52. The van der Waals surface area contributed by atoms with Crippen LogP contribution in [0, 0.1) is 0 Å². The second-order valence-electron chi connectivity index (χ2n) is 4.62. The molecule has 0 aliphatic carbocycles. The van der Waals surface area contributed by atoms with Crippen molar-refractivity contribution in [3.8, 4) is 0 Å². The SMILES string of the molecule is CNC(=O)NC(=O)COC(=O)c1cccnc1Sc1ccc(Cl)cc1. The van der Waals surface area contributed by atoms with Crippen molar-refractivity contribution in [3.63, 3.8) is 0 Å². The van der Waals surface area contributed by atoms with E-state index in [2.05, 4.69) is 10.3 Å². The molecule has 2 N–H and O–H groups in total. The van der Waals surface area contributed by atoms with E-state index in [9.17, 15) is 14.4 Å². The summed E-state index contributed by atoms with van der Waals surface area (Å²) in [6.45, 7) is -0.577. The van der Waals surface area contributed by atoms with Crippen LogP contribution in [-0.2, 0) is 9.53 Å². The van der Waals surface area contributed by atoms with E-state index in [1.165, 1.54) is 18.8 Å². The van der Waals surface area contributed by atoms with Gasteiger partial charge in [-0.3, -0.25) is 10.1 Å². The highest BCUT2D eigenvalue weighted by Gasteiger charge is 2.17. The predicted octanol–water partition coefficient (Wildman–Crippen LogP) is 2.50. The number of carbonyl (C=O) groups excluding carboxylic acids is 3. The smallest absolute Gasteiger partial charge is 0.341 e. The van der Waals surface area contributed by atoms with Gasteiger partial charge in [-0.05, 0) is 36.4 Å². The van der Waals surface area contributed by atoms with E-state index in [1.54, 1.807) is 42.6 Å². The lowest BCUT2D eigenvalue weighted by Gasteiger charge is -2.08. The van der Waals surface area contributed by atoms with Crippen LogP contribution >= 0.6 is 23.4 Å². The minimum absolute atomic E-state index is 0.218. The molecule has 0 unspecified atom stereocenters. The number of pyridine rings is 1. The predicted molar refractivity (Wildman–Crippen MR) is 92.7 cm³/mol. The molecule has 0 saturated heterocycles. The van der Waals surface area contributed by atoms with Gasteiger partial charge in [-0.15, -0.1) is 0 Å². The van der Waals surface area contributed by atoms with E-state index in [4.69, 9.17) is 16.3 Å². The van der Waals surface area contributed by atoms with Gasteiger partial charge < -0.3 is 10.1 Å². The maximum atomic E-state index is 12.2. The van der Waals surface area contributed by atoms with Gasteiger partial charge in [0, 0.05) is 23.2 Å². The van der Waals surface area contributed by atoms with Gasteiger partial charge in [-0.25, -0.2) is 14.6 Å². The van der Waals surface area contributed by atoms with E-state index < -0.39 is 24.5 Å². The number of nitrogens with zero attached hydrogens (tertiary/aromatic N) is 1. The molecule has 0 atom stereocenters. The number of halogens is 1. The topological polar surface area (TPSA) is 97.4 Å². The molecule has 0 aliphatic rings. The Kier molecular flexibility index (Phi) is 6.79. The van der Waals surface area contributed by atoms with Gasteiger partial charge in [0.05, 0.1) is 5.56 Å². The number of amides is 3. The van der Waals surface area contributed by atoms with Crippen molar-refractivity contribution < 1.29 is 19.1 Å². The van der Waals surface area contributed by atoms with E-state index in [-0.39, 0.29) is 5.56 Å². The molecule has 2 aromatic rings. The van der Waals surface area contributed by atoms with Crippen molar-refractivity contribution in [2.24, 2.45) is 0 Å². The summed E-state index contributed by atoms with van der Waals surface area (Å²) in [6.07, 6.45) is 1.55. The number of rotatable bonds is 5. The summed E-state index contributed by atoms with van der Waals surface area (Å²) in [7, 11) is 1.37. The third-order valence-electron chi connectivity index (χ3n) is 2.83. The van der Waals surface area contributed by atoms with Crippen LogP contribution in [0.3, 0.4) is 0 Å². The zero-order valence-electron chi connectivity index (χ0n) is 13.1. The molecule has 0 spiro atoms. The number of carbonyl (C=O) groups is 3. The first-order valence-corrected chi connectivity index (χ1v) is 8.26. The molecule has 0 radical (unpaired) electrons. The maximum Gasteiger partial charge on any atom is 0.341 e. The van der Waals surface area contributed by atoms with Crippen LogP contribution in [-0.4, -0.2) is 36.5 Å². The number of hydrogen-bond acceptors (Lipinski definition) is 6. The molecule has 0 saturated carbocycles. The second-order valence-corrected chi connectivity index (χ2v) is 6.11. The van der Waals surface area contributed by atoms with Crippen molar-refractivity contribution in [1.29, 1.82) is 0 Å². The van der Waals surface area contributed by atoms with Gasteiger partial charge in [-0.1, -0.05) is 23.4 Å². The van der Waals surface area contributed by atoms with Crippen LogP contribution in [0.5, 0.6) is 0 Å². The highest BCUT2D eigenvalue weighted by molar-refractivity contribution is 7.99. The number of benzene rings is 1. The molecule has 1 heterocycles. The lowest BCUT2D eigenvalue weighted by Crippen LogP contribution is -2.39. The average molecular weight is 380 g/mol. The molecule has 7 nitrogen and oxygen atoms in total. The fraction of sp³-hybridized carbons (Fsp3) is 0.125. The summed E-state index contributed by atoms with van der Waals surface area (Å²) in [5.41, 5.74) is 0.218. The van der Waals surface area contributed by atoms with Crippen LogP contribution in [0.2, 0.25) is 5.02 Å². The first-order chi connectivity index (χ1) is 12.0. The first-order valence-electron chi connectivity index (χ1n) is 7.06. The van der Waals surface area contributed by atoms with Crippen LogP contribution in [0.4, 0.5) is 4.79 Å². The van der Waals surface area contributed by atoms with Crippen molar-refractivity contribution >= 4 is 41.3 Å². The number of nitrogens with one attached hydrogen (secondary N) is 2. The monoisotopic (exact) mass is 379 g/mol. The summed E-state index contributed by atoms with van der Waals surface area (Å²) in [5, 5.41) is 5.25. The van der Waals surface area contributed by atoms with E-state index in [1.807, 2.05) is 5.32 Å². The summed E-state index contributed by atoms with van der Waals surface area (Å²) >= 11 is 7.11. The lowest BCUT2D eigenvalue weighted by atomic mass is 10.3. The number of hydrogen-bond donors (Lipinski definition) is 2. The molecule has 9 heteroatoms. The average Bonchev–Trinajstić information content (AvgIpc) is 2.62. The van der Waals surface area contributed by atoms with Crippen molar-refractivity contribution in [2.75, 3.05) is 13.7 Å². The van der Waals surface area contributed by atoms with Crippen molar-refractivity contribution in [3.05, 3.63) is 53.2 Å². The Labute approximate surface area is 153 Å². The Balaban J connectivity index is 2.03. The van der Waals surface area contributed by atoms with Crippen LogP contribution in [0.1, 0.15) is 10.4 Å². The lowest BCUT2D eigenvalue weighted by molar-refractivity contribution is -0.123. The number of ether oxygens (including phenoxy) is 1. The summed E-state index contributed by atoms with van der Waals surface area (Å²) < 4.78 is 4.93. The third-order valence-corrected chi connectivity index (χ3v) is 4.11. The molecular formula is C16H14ClN3O4S. The minimum Gasteiger partial charge on any atom is -0.452 e. The molecule has 0 bridgehead atoms. The van der Waals surface area contributed by atoms with Gasteiger partial charge >= 0.3 is 12.0 Å². The fourth-order valence-corrected chi connectivity index (χ4v) is 2.67. The van der Waals surface area contributed by atoms with Crippen LogP contribution in [0.25, 0.3) is 0 Å². The van der Waals surface area contributed by atoms with Gasteiger partial charge in [0.2, 0.25) is 0 Å². The third kappa shape index (κ3) is 5.77. The van der Waals surface area contributed by atoms with E-state index in [0.29, 0.717) is 10.0 Å². The Morgan fingerprint density at radius 2 is 1.92 bits per heavy atom. The first kappa shape index (κ1) is 18.8. The second kappa shape index (κ2) is 9.05. The van der Waals surface area contributed by atoms with Crippen LogP contribution in [0.15, 0.2) is 52.5 Å². The van der Waals surface area contributed by atoms with Gasteiger partial charge in [-0.2, -0.15) is 0 Å². The molecule has 25 heavy (non-hydrogen) atoms. The van der Waals surface area contributed by atoms with Crippen LogP contribution < -0.4 is 10.6 Å². The van der Waals surface area contributed by atoms with E-state index >= 15 is 0 Å². The Hall–Kier alpha value is -2.58. The molecular weight excluding hydrogens is 366 g/mol. The number of imide groups is 1. The molecule has 1 aromatic carbocycles. The highest BCUT2D eigenvalue weighted by atomic mass is 35.5. The molecule has 0 fully saturated rings. The summed E-state index contributed by atoms with van der Waals surface area (Å²) in [4.78, 5) is 39.7. The Bertz CT molecular complexity index is 783. The highest BCUT2D eigenvalue weighted by Crippen LogP contribution is 2.29. The number of aromatic nitrogens is 1. The van der Waals surface area contributed by atoms with Gasteiger partial charge in [0.15, 0.2) is 6.61 Å². The maximum absolute atomic E-state index is 12.2. The standard InChI is InChI=1S/C16H14ClN3O4S/c1-18-16(23)20-13(21)9-24-15(22)12-3-2-8-19-14(12)25-11-6-4-10(17)5-7-11/h2-8H,9H2,1H3,(H2,18,20,21,23). The Morgan fingerprint density at radius 1 is 1.20 bits per heavy atom. The van der Waals surface area contributed by atoms with Crippen molar-refractivity contribution in [2.45, 2.75) is 9.92 Å². The van der Waals surface area contributed by atoms with Gasteiger partial charge in [0.25, 0.3) is 5.91 Å².